The summed E-state index contributed by atoms with van der Waals surface area (Å²) in [5, 5.41) is 4.03. The maximum absolute atomic E-state index is 13.2. The highest BCUT2D eigenvalue weighted by Crippen LogP contribution is 2.49. The van der Waals surface area contributed by atoms with E-state index in [1.165, 1.54) is 22.4 Å². The van der Waals surface area contributed by atoms with Crippen LogP contribution in [-0.2, 0) is 19.6 Å². The smallest absolute Gasteiger partial charge is 0.350 e. The molecule has 2 atom stereocenters. The van der Waals surface area contributed by atoms with Gasteiger partial charge < -0.3 is 14.2 Å². The van der Waals surface area contributed by atoms with Gasteiger partial charge in [-0.2, -0.15) is 5.10 Å². The number of halogens is 2. The number of carbonyl (C=O) groups is 1. The number of rotatable bonds is 11. The largest absolute Gasteiger partial charge is 0.459 e. The first-order valence-electron chi connectivity index (χ1n) is 13.8. The number of methoxy groups -OCH3 is 1. The summed E-state index contributed by atoms with van der Waals surface area (Å²) < 4.78 is 17.2. The number of ether oxygens (including phenoxy) is 3. The fraction of sp³-hybridized carbons (Fsp3) is 0.741. The lowest BCUT2D eigenvalue weighted by atomic mass is 9.69. The van der Waals surface area contributed by atoms with Crippen LogP contribution in [0, 0.1) is 5.92 Å². The molecule has 1 N–H and O–H groups in total. The Kier molecular flexibility index (Phi) is 10.8. The zero-order chi connectivity index (χ0) is 28.9. The first-order chi connectivity index (χ1) is 19.1. The summed E-state index contributed by atoms with van der Waals surface area (Å²) in [6.45, 7) is 5.50. The topological polar surface area (TPSA) is 125 Å². The van der Waals surface area contributed by atoms with Crippen molar-refractivity contribution < 1.29 is 19.0 Å². The number of hydrogen-bond donors (Lipinski definition) is 1. The van der Waals surface area contributed by atoms with Gasteiger partial charge in [-0.15, -0.1) is 34.5 Å². The van der Waals surface area contributed by atoms with Crippen molar-refractivity contribution in [3.05, 3.63) is 42.6 Å². The van der Waals surface area contributed by atoms with Crippen LogP contribution >= 0.6 is 34.5 Å². The van der Waals surface area contributed by atoms with Gasteiger partial charge in [0.15, 0.2) is 0 Å². The van der Waals surface area contributed by atoms with Crippen LogP contribution in [0.3, 0.4) is 0 Å². The van der Waals surface area contributed by atoms with Gasteiger partial charge in [0.2, 0.25) is 0 Å². The Bertz CT molecular complexity index is 1250. The molecule has 10 nitrogen and oxygen atoms in total. The minimum Gasteiger partial charge on any atom is -0.459 e. The van der Waals surface area contributed by atoms with E-state index < -0.39 is 27.4 Å². The zero-order valence-electron chi connectivity index (χ0n) is 23.2. The van der Waals surface area contributed by atoms with Crippen LogP contribution in [0.15, 0.2) is 15.8 Å². The molecule has 2 heterocycles. The van der Waals surface area contributed by atoms with E-state index in [0.29, 0.717) is 37.5 Å². The Balaban J connectivity index is 1.55. The van der Waals surface area contributed by atoms with E-state index in [2.05, 4.69) is 23.9 Å². The monoisotopic (exact) mass is 616 g/mol. The molecule has 222 valence electrons. The van der Waals surface area contributed by atoms with E-state index in [4.69, 9.17) is 42.4 Å². The third-order valence-electron chi connectivity index (χ3n) is 7.97. The first-order valence-corrected chi connectivity index (χ1v) is 15.5. The average Bonchev–Trinajstić information content (AvgIpc) is 3.37. The molecule has 2 aromatic heterocycles. The molecule has 0 spiro atoms. The lowest BCUT2D eigenvalue weighted by Crippen LogP contribution is -2.48. The molecule has 0 aromatic carbocycles. The van der Waals surface area contributed by atoms with Gasteiger partial charge in [-0.3, -0.25) is 9.78 Å². The molecule has 4 rings (SSSR count). The van der Waals surface area contributed by atoms with E-state index in [-0.39, 0.29) is 30.5 Å². The highest BCUT2D eigenvalue weighted by atomic mass is 35.5. The van der Waals surface area contributed by atoms with Gasteiger partial charge in [0.25, 0.3) is 5.56 Å². The predicted octanol–water partition coefficient (Wildman–Crippen LogP) is 4.40. The maximum atomic E-state index is 13.2. The molecule has 0 amide bonds. The summed E-state index contributed by atoms with van der Waals surface area (Å²) in [4.78, 5) is 44.9. The molecule has 0 saturated heterocycles. The first kappa shape index (κ1) is 31.2. The van der Waals surface area contributed by atoms with Gasteiger partial charge in [0, 0.05) is 35.1 Å². The van der Waals surface area contributed by atoms with Gasteiger partial charge in [0.05, 0.1) is 36.6 Å². The third kappa shape index (κ3) is 7.15. The van der Waals surface area contributed by atoms with Crippen molar-refractivity contribution >= 4 is 40.5 Å². The number of thiazole rings is 1. The predicted molar refractivity (Wildman–Crippen MR) is 154 cm³/mol. The summed E-state index contributed by atoms with van der Waals surface area (Å²) >= 11 is 15.3. The number of aromatic nitrogens is 4. The second-order valence-electron chi connectivity index (χ2n) is 11.1. The molecule has 2 aromatic rings. The third-order valence-corrected chi connectivity index (χ3v) is 10.3. The molecule has 2 aliphatic rings. The van der Waals surface area contributed by atoms with Crippen molar-refractivity contribution in [2.75, 3.05) is 33.5 Å². The van der Waals surface area contributed by atoms with Gasteiger partial charge >= 0.3 is 11.7 Å². The highest BCUT2D eigenvalue weighted by Gasteiger charge is 2.48. The SMILES string of the molecule is COCCOCCOC(=O)c1sc(C(C)(C)C2C(Cl)CC(n3ncc(=O)[nH]c3=O)CC2Cl)nc1C1CCCCC1. The van der Waals surface area contributed by atoms with Crippen LogP contribution < -0.4 is 11.2 Å². The van der Waals surface area contributed by atoms with E-state index in [9.17, 15) is 14.4 Å². The minimum absolute atomic E-state index is 0.152. The molecule has 2 saturated carbocycles. The fourth-order valence-corrected chi connectivity index (χ4v) is 8.58. The van der Waals surface area contributed by atoms with Crippen LogP contribution in [0.5, 0.6) is 0 Å². The van der Waals surface area contributed by atoms with Crippen molar-refractivity contribution in [3.63, 3.8) is 0 Å². The van der Waals surface area contributed by atoms with E-state index in [1.54, 1.807) is 7.11 Å². The highest BCUT2D eigenvalue weighted by molar-refractivity contribution is 7.13. The summed E-state index contributed by atoms with van der Waals surface area (Å²) in [6.07, 6.45) is 7.39. The number of esters is 1. The number of nitrogens with zero attached hydrogens (tertiary/aromatic N) is 3. The molecular weight excluding hydrogens is 579 g/mol. The Morgan fingerprint density at radius 1 is 1.10 bits per heavy atom. The summed E-state index contributed by atoms with van der Waals surface area (Å²) in [7, 11) is 1.61. The summed E-state index contributed by atoms with van der Waals surface area (Å²) in [6, 6.07) is -0.341. The lowest BCUT2D eigenvalue weighted by molar-refractivity contribution is 0.0216. The number of aromatic amines is 1. The quantitative estimate of drug-likeness (QED) is 0.224. The molecule has 0 bridgehead atoms. The van der Waals surface area contributed by atoms with Gasteiger partial charge in [-0.1, -0.05) is 33.1 Å². The molecule has 0 aliphatic heterocycles. The van der Waals surface area contributed by atoms with Crippen LogP contribution in [-0.4, -0.2) is 70.0 Å². The second kappa shape index (κ2) is 13.9. The Labute approximate surface area is 247 Å². The molecule has 2 unspecified atom stereocenters. The average molecular weight is 618 g/mol. The number of H-pyrrole nitrogens is 1. The molecule has 0 radical (unpaired) electrons. The van der Waals surface area contributed by atoms with Gasteiger partial charge in [-0.25, -0.2) is 19.3 Å². The minimum atomic E-state index is -0.577. The summed E-state index contributed by atoms with van der Waals surface area (Å²) in [5.74, 6) is -0.357. The van der Waals surface area contributed by atoms with Gasteiger partial charge in [0.1, 0.15) is 17.7 Å². The van der Waals surface area contributed by atoms with Crippen LogP contribution in [0.4, 0.5) is 0 Å². The maximum Gasteiger partial charge on any atom is 0.350 e. The number of nitrogens with one attached hydrogen (secondary N) is 1. The zero-order valence-corrected chi connectivity index (χ0v) is 25.5. The number of alkyl halides is 2. The normalized spacial score (nSPS) is 24.2. The van der Waals surface area contributed by atoms with E-state index in [0.717, 1.165) is 42.6 Å². The second-order valence-corrected chi connectivity index (χ2v) is 13.2. The Morgan fingerprint density at radius 2 is 1.77 bits per heavy atom. The van der Waals surface area contributed by atoms with Crippen molar-refractivity contribution in [1.82, 2.24) is 19.7 Å². The van der Waals surface area contributed by atoms with Gasteiger partial charge in [-0.05, 0) is 25.7 Å². The van der Waals surface area contributed by atoms with Crippen LogP contribution in [0.2, 0.25) is 0 Å². The molecular formula is C27H38Cl2N4O6S. The molecule has 40 heavy (non-hydrogen) atoms. The number of hydrogen-bond acceptors (Lipinski definition) is 9. The van der Waals surface area contributed by atoms with Crippen molar-refractivity contribution in [3.8, 4) is 0 Å². The standard InChI is InChI=1S/C27H38Cl2N4O6S/c1-27(2,21-18(28)13-17(14-19(21)29)33-26(36)31-20(34)15-30-33)25-32-22(16-7-5-4-6-8-16)23(40-25)24(35)39-12-11-38-10-9-37-3/h15-19,21H,4-14H2,1-3H3,(H,31,34,36). The van der Waals surface area contributed by atoms with Crippen LogP contribution in [0.1, 0.15) is 91.1 Å². The van der Waals surface area contributed by atoms with Crippen molar-refractivity contribution in [2.45, 2.75) is 86.9 Å². The molecule has 2 fully saturated rings. The Morgan fingerprint density at radius 3 is 2.42 bits per heavy atom. The molecule has 13 heteroatoms. The summed E-state index contributed by atoms with van der Waals surface area (Å²) in [5.41, 5.74) is -0.866. The van der Waals surface area contributed by atoms with Crippen molar-refractivity contribution in [1.29, 1.82) is 0 Å². The fourth-order valence-electron chi connectivity index (χ4n) is 5.91. The Hall–Kier alpha value is -1.79. The molecule has 2 aliphatic carbocycles. The van der Waals surface area contributed by atoms with Crippen molar-refractivity contribution in [2.24, 2.45) is 5.92 Å². The lowest BCUT2D eigenvalue weighted by Gasteiger charge is -2.44. The van der Waals surface area contributed by atoms with Crippen LogP contribution in [0.25, 0.3) is 0 Å². The van der Waals surface area contributed by atoms with E-state index in [1.807, 2.05) is 0 Å². The van der Waals surface area contributed by atoms with E-state index >= 15 is 0 Å². The number of carbonyl (C=O) groups excluding carboxylic acids is 1.